The fourth-order valence-electron chi connectivity index (χ4n) is 3.05. The van der Waals surface area contributed by atoms with E-state index in [1.165, 1.54) is 0 Å². The van der Waals surface area contributed by atoms with Gasteiger partial charge in [0, 0.05) is 38.7 Å². The first kappa shape index (κ1) is 22.2. The van der Waals surface area contributed by atoms with Crippen molar-refractivity contribution in [3.05, 3.63) is 23.8 Å². The normalized spacial score (nSPS) is 19.4. The molecule has 1 heterocycles. The van der Waals surface area contributed by atoms with Gasteiger partial charge in [0.1, 0.15) is 11.5 Å². The van der Waals surface area contributed by atoms with Crippen molar-refractivity contribution in [3.8, 4) is 11.5 Å². The molecular weight excluding hydrogens is 364 g/mol. The second kappa shape index (κ2) is 10.4. The molecule has 0 amide bonds. The highest BCUT2D eigenvalue weighted by atomic mass is 28.4. The molecule has 27 heavy (non-hydrogen) atoms. The maximum Gasteiger partial charge on any atom is 0.540 e. The Bertz CT molecular complexity index is 565. The van der Waals surface area contributed by atoms with E-state index in [1.807, 2.05) is 45.9 Å². The summed E-state index contributed by atoms with van der Waals surface area (Å²) in [6, 6.07) is 5.81. The van der Waals surface area contributed by atoms with Gasteiger partial charge in [-0.05, 0) is 45.4 Å². The van der Waals surface area contributed by atoms with Crippen LogP contribution >= 0.6 is 0 Å². The molecule has 1 aliphatic rings. The zero-order chi connectivity index (χ0) is 19.8. The smallest absolute Gasteiger partial charge is 0.489 e. The molecule has 0 radical (unpaired) electrons. The molecule has 7 heteroatoms. The molecule has 1 unspecified atom stereocenters. The van der Waals surface area contributed by atoms with Crippen LogP contribution < -0.4 is 9.47 Å². The SMILES string of the molecule is CCCCC1(C)OCc2cc(OC[Si](OCC)(OCC)OCC)ccc2O1. The van der Waals surface area contributed by atoms with Gasteiger partial charge < -0.3 is 27.5 Å². The average Bonchev–Trinajstić information content (AvgIpc) is 2.65. The van der Waals surface area contributed by atoms with Crippen LogP contribution in [0.2, 0.25) is 0 Å². The van der Waals surface area contributed by atoms with Gasteiger partial charge in [-0.3, -0.25) is 0 Å². The molecule has 1 aromatic rings. The standard InChI is InChI=1S/C20H34O6Si/c1-6-10-13-20(5)22-15-17-14-18(11-12-19(17)26-20)21-16-27(23-7-2,24-8-3)25-9-4/h11-12,14H,6-10,13,15-16H2,1-5H3. The van der Waals surface area contributed by atoms with Crippen molar-refractivity contribution in [1.29, 1.82) is 0 Å². The second-order valence-corrected chi connectivity index (χ2v) is 9.19. The minimum Gasteiger partial charge on any atom is -0.489 e. The lowest BCUT2D eigenvalue weighted by Crippen LogP contribution is -2.51. The van der Waals surface area contributed by atoms with Gasteiger partial charge in [0.05, 0.1) is 6.61 Å². The first-order valence-electron chi connectivity index (χ1n) is 10.00. The maximum atomic E-state index is 6.09. The van der Waals surface area contributed by atoms with Crippen molar-refractivity contribution in [1.82, 2.24) is 0 Å². The van der Waals surface area contributed by atoms with Gasteiger partial charge in [0.2, 0.25) is 5.79 Å². The summed E-state index contributed by atoms with van der Waals surface area (Å²) in [4.78, 5) is 0. The lowest BCUT2D eigenvalue weighted by Gasteiger charge is -2.36. The molecule has 0 N–H and O–H groups in total. The third kappa shape index (κ3) is 6.19. The van der Waals surface area contributed by atoms with Gasteiger partial charge in [-0.2, -0.15) is 0 Å². The molecule has 154 valence electrons. The fraction of sp³-hybridized carbons (Fsp3) is 0.700. The number of fused-ring (bicyclic) bond motifs is 1. The van der Waals surface area contributed by atoms with Crippen LogP contribution in [0.1, 0.15) is 59.4 Å². The van der Waals surface area contributed by atoms with Crippen molar-refractivity contribution in [3.63, 3.8) is 0 Å². The highest BCUT2D eigenvalue weighted by Gasteiger charge is 2.42. The molecule has 1 atom stereocenters. The van der Waals surface area contributed by atoms with E-state index in [2.05, 4.69) is 6.92 Å². The Labute approximate surface area is 164 Å². The Kier molecular flexibility index (Phi) is 8.56. The van der Waals surface area contributed by atoms with Crippen LogP contribution in [0, 0.1) is 0 Å². The molecule has 0 aromatic heterocycles. The van der Waals surface area contributed by atoms with Crippen LogP contribution in [0.25, 0.3) is 0 Å². The van der Waals surface area contributed by atoms with E-state index in [4.69, 9.17) is 27.5 Å². The molecule has 0 fully saturated rings. The number of ether oxygens (including phenoxy) is 3. The van der Waals surface area contributed by atoms with Crippen molar-refractivity contribution < 1.29 is 27.5 Å². The molecule has 1 aromatic carbocycles. The van der Waals surface area contributed by atoms with Crippen LogP contribution in [0.4, 0.5) is 0 Å². The van der Waals surface area contributed by atoms with E-state index < -0.39 is 14.6 Å². The van der Waals surface area contributed by atoms with E-state index in [9.17, 15) is 0 Å². The lowest BCUT2D eigenvalue weighted by atomic mass is 10.1. The minimum atomic E-state index is -2.84. The van der Waals surface area contributed by atoms with Crippen LogP contribution in [-0.2, 0) is 24.6 Å². The van der Waals surface area contributed by atoms with E-state index in [1.54, 1.807) is 0 Å². The minimum absolute atomic E-state index is 0.275. The molecule has 0 spiro atoms. The van der Waals surface area contributed by atoms with E-state index in [0.717, 1.165) is 36.3 Å². The van der Waals surface area contributed by atoms with Gasteiger partial charge in [-0.15, -0.1) is 0 Å². The zero-order valence-corrected chi connectivity index (χ0v) is 18.3. The van der Waals surface area contributed by atoms with E-state index in [0.29, 0.717) is 26.4 Å². The molecule has 6 nitrogen and oxygen atoms in total. The largest absolute Gasteiger partial charge is 0.540 e. The van der Waals surface area contributed by atoms with E-state index >= 15 is 0 Å². The van der Waals surface area contributed by atoms with Gasteiger partial charge in [-0.1, -0.05) is 13.3 Å². The van der Waals surface area contributed by atoms with Crippen molar-refractivity contribution in [2.75, 3.05) is 26.1 Å². The quantitative estimate of drug-likeness (QED) is 0.484. The summed E-state index contributed by atoms with van der Waals surface area (Å²) < 4.78 is 35.5. The Balaban J connectivity index is 2.04. The fourth-order valence-corrected chi connectivity index (χ4v) is 5.22. The van der Waals surface area contributed by atoms with Gasteiger partial charge in [0.15, 0.2) is 6.23 Å². The number of unbranched alkanes of at least 4 members (excludes halogenated alkanes) is 1. The Hall–Kier alpha value is -1.12. The van der Waals surface area contributed by atoms with E-state index in [-0.39, 0.29) is 6.23 Å². The predicted molar refractivity (Wildman–Crippen MR) is 106 cm³/mol. The Morgan fingerprint density at radius 1 is 1.04 bits per heavy atom. The average molecular weight is 399 g/mol. The first-order valence-corrected chi connectivity index (χ1v) is 11.9. The summed E-state index contributed by atoms with van der Waals surface area (Å²) in [7, 11) is -2.84. The van der Waals surface area contributed by atoms with Crippen LogP contribution in [0.5, 0.6) is 11.5 Å². The third-order valence-corrected chi connectivity index (χ3v) is 7.07. The van der Waals surface area contributed by atoms with Gasteiger partial charge in [0.25, 0.3) is 0 Å². The van der Waals surface area contributed by atoms with Crippen molar-refractivity contribution in [2.24, 2.45) is 0 Å². The molecule has 1 aliphatic heterocycles. The highest BCUT2D eigenvalue weighted by molar-refractivity contribution is 6.60. The van der Waals surface area contributed by atoms with Gasteiger partial charge >= 0.3 is 8.80 Å². The van der Waals surface area contributed by atoms with Gasteiger partial charge in [-0.25, -0.2) is 0 Å². The second-order valence-electron chi connectivity index (χ2n) is 6.67. The topological polar surface area (TPSA) is 55.4 Å². The highest BCUT2D eigenvalue weighted by Crippen LogP contribution is 2.36. The number of hydrogen-bond acceptors (Lipinski definition) is 6. The summed E-state index contributed by atoms with van der Waals surface area (Å²) in [5.41, 5.74) is 0.984. The number of benzene rings is 1. The maximum absolute atomic E-state index is 6.09. The monoisotopic (exact) mass is 398 g/mol. The molecule has 0 saturated heterocycles. The van der Waals surface area contributed by atoms with Crippen LogP contribution in [0.3, 0.4) is 0 Å². The first-order chi connectivity index (χ1) is 13.0. The third-order valence-electron chi connectivity index (χ3n) is 4.38. The van der Waals surface area contributed by atoms with Crippen LogP contribution in [0.15, 0.2) is 18.2 Å². The molecule has 0 bridgehead atoms. The Morgan fingerprint density at radius 2 is 1.70 bits per heavy atom. The number of hydrogen-bond donors (Lipinski definition) is 0. The predicted octanol–water partition coefficient (Wildman–Crippen LogP) is 4.47. The molecular formula is C20H34O6Si. The Morgan fingerprint density at radius 3 is 2.30 bits per heavy atom. The summed E-state index contributed by atoms with van der Waals surface area (Å²) in [5.74, 6) is 1.04. The summed E-state index contributed by atoms with van der Waals surface area (Å²) in [5, 5.41) is 0. The molecule has 0 saturated carbocycles. The summed E-state index contributed by atoms with van der Waals surface area (Å²) >= 11 is 0. The zero-order valence-electron chi connectivity index (χ0n) is 17.3. The van der Waals surface area contributed by atoms with Crippen molar-refractivity contribution in [2.45, 2.75) is 66.3 Å². The van der Waals surface area contributed by atoms with Crippen LogP contribution in [-0.4, -0.2) is 40.6 Å². The van der Waals surface area contributed by atoms with Crippen molar-refractivity contribution >= 4 is 8.80 Å². The summed E-state index contributed by atoms with van der Waals surface area (Å²) in [6.45, 7) is 12.1. The number of rotatable bonds is 12. The molecule has 0 aliphatic carbocycles. The summed E-state index contributed by atoms with van der Waals surface area (Å²) in [6.07, 6.45) is 3.35. The lowest BCUT2D eigenvalue weighted by molar-refractivity contribution is -0.198. The molecule has 2 rings (SSSR count).